The second-order valence-electron chi connectivity index (χ2n) is 8.25. The zero-order valence-corrected chi connectivity index (χ0v) is 21.0. The largest absolute Gasteiger partial charge is 0.504 e. The van der Waals surface area contributed by atoms with Crippen molar-refractivity contribution in [1.82, 2.24) is 10.4 Å². The number of phenolic OH excluding ortho intramolecular Hbond substituents is 1. The maximum absolute atomic E-state index is 13.7. The van der Waals surface area contributed by atoms with Gasteiger partial charge in [-0.2, -0.15) is 5.06 Å². The van der Waals surface area contributed by atoms with Crippen LogP contribution in [0, 0.1) is 0 Å². The number of amides is 2. The van der Waals surface area contributed by atoms with Crippen LogP contribution in [0.4, 0.5) is 0 Å². The predicted molar refractivity (Wildman–Crippen MR) is 127 cm³/mol. The number of hydrogen-bond acceptors (Lipinski definition) is 11. The van der Waals surface area contributed by atoms with Crippen LogP contribution in [-0.2, 0) is 14.4 Å². The smallest absolute Gasteiger partial charge is 0.272 e. The third kappa shape index (κ3) is 3.32. The molecular weight excluding hydrogens is 528 g/mol. The van der Waals surface area contributed by atoms with E-state index in [9.17, 15) is 24.9 Å². The second kappa shape index (κ2) is 8.57. The van der Waals surface area contributed by atoms with Gasteiger partial charge < -0.3 is 30.1 Å². The molecule has 2 amide bonds. The number of hydroxylamine groups is 2. The summed E-state index contributed by atoms with van der Waals surface area (Å²) >= 11 is 6.36. The Kier molecular flexibility index (Phi) is 6.11. The van der Waals surface area contributed by atoms with Gasteiger partial charge in [0.25, 0.3) is 11.8 Å². The summed E-state index contributed by atoms with van der Waals surface area (Å²) in [4.78, 5) is 31.4. The number of aliphatic hydroxyl groups excluding tert-OH is 1. The van der Waals surface area contributed by atoms with Crippen molar-refractivity contribution in [1.29, 1.82) is 0 Å². The van der Waals surface area contributed by atoms with E-state index in [1.54, 1.807) is 12.1 Å². The third-order valence-electron chi connectivity index (χ3n) is 6.41. The number of hydrogen-bond donors (Lipinski definition) is 4. The quantitative estimate of drug-likeness (QED) is 0.248. The summed E-state index contributed by atoms with van der Waals surface area (Å²) in [7, 11) is 6.37. The van der Waals surface area contributed by atoms with Crippen LogP contribution in [0.1, 0.15) is 17.2 Å². The van der Waals surface area contributed by atoms with Gasteiger partial charge in [-0.05, 0) is 26.7 Å². The SMILES string of the molecule is COc1ccc(C2SSSC34CC5(O)C(Cl)C=CC(O)C5ON3C(=O)C2NC4=O)c(O)c1OC. The van der Waals surface area contributed by atoms with Gasteiger partial charge in [-0.3, -0.25) is 14.4 Å². The number of ether oxygens (including phenoxy) is 2. The standard InChI is InChI=1S/C20H21ClN2O8S3/c1-29-10-5-3-8(13(25)14(10)30-2)15-12-17(26)23-20(18(27)22-12,33-34-32-15)7-19(28)11(21)6-4-9(24)16(19)31-23/h3-6,9,11-12,15-16,24-25,28H,7H2,1-2H3,(H,22,27). The molecule has 0 aromatic heterocycles. The van der Waals surface area contributed by atoms with Gasteiger partial charge in [0.2, 0.25) is 10.6 Å². The van der Waals surface area contributed by atoms with Gasteiger partial charge in [-0.1, -0.05) is 29.0 Å². The normalized spacial score (nSPS) is 39.0. The molecule has 7 atom stereocenters. The van der Waals surface area contributed by atoms with Crippen LogP contribution < -0.4 is 14.8 Å². The Balaban J connectivity index is 1.56. The van der Waals surface area contributed by atoms with Gasteiger partial charge >= 0.3 is 0 Å². The van der Waals surface area contributed by atoms with E-state index in [-0.39, 0.29) is 17.9 Å². The molecule has 7 unspecified atom stereocenters. The number of piperazine rings is 1. The van der Waals surface area contributed by atoms with Crippen LogP contribution in [0.5, 0.6) is 17.2 Å². The highest BCUT2D eigenvalue weighted by Gasteiger charge is 2.68. The van der Waals surface area contributed by atoms with Crippen LogP contribution in [0.25, 0.3) is 0 Å². The first-order chi connectivity index (χ1) is 16.2. The summed E-state index contributed by atoms with van der Waals surface area (Å²) in [5, 5.41) is 34.8. The van der Waals surface area contributed by atoms with Crippen molar-refractivity contribution in [3.63, 3.8) is 0 Å². The Hall–Kier alpha value is -1.48. The molecule has 1 aromatic carbocycles. The number of aromatic hydroxyl groups is 1. The monoisotopic (exact) mass is 548 g/mol. The topological polar surface area (TPSA) is 138 Å². The first kappa shape index (κ1) is 24.2. The number of fused-ring (bicyclic) bond motifs is 5. The maximum Gasteiger partial charge on any atom is 0.272 e. The summed E-state index contributed by atoms with van der Waals surface area (Å²) in [6, 6.07) is 2.11. The fraction of sp³-hybridized carbons (Fsp3) is 0.500. The zero-order chi connectivity index (χ0) is 24.4. The molecule has 1 aliphatic carbocycles. The Morgan fingerprint density at radius 3 is 2.74 bits per heavy atom. The van der Waals surface area contributed by atoms with E-state index in [4.69, 9.17) is 25.9 Å². The van der Waals surface area contributed by atoms with Gasteiger partial charge in [-0.25, -0.2) is 0 Å². The second-order valence-corrected chi connectivity index (χ2v) is 13.1. The molecule has 14 heteroatoms. The molecule has 0 saturated carbocycles. The van der Waals surface area contributed by atoms with E-state index in [0.717, 1.165) is 15.9 Å². The summed E-state index contributed by atoms with van der Waals surface area (Å²) in [5.41, 5.74) is -1.42. The molecule has 2 bridgehead atoms. The van der Waals surface area contributed by atoms with Crippen molar-refractivity contribution in [3.8, 4) is 17.2 Å². The molecule has 184 valence electrons. The van der Waals surface area contributed by atoms with Gasteiger partial charge in [-0.15, -0.1) is 11.6 Å². The van der Waals surface area contributed by atoms with Crippen LogP contribution in [0.3, 0.4) is 0 Å². The van der Waals surface area contributed by atoms with Crippen molar-refractivity contribution in [2.24, 2.45) is 0 Å². The number of rotatable bonds is 3. The number of alkyl halides is 1. The average molecular weight is 549 g/mol. The molecule has 4 aliphatic heterocycles. The first-order valence-electron chi connectivity index (χ1n) is 10.2. The lowest BCUT2D eigenvalue weighted by Crippen LogP contribution is -2.78. The number of nitrogens with one attached hydrogen (secondary N) is 1. The third-order valence-corrected chi connectivity index (χ3v) is 11.8. The number of carbonyl (C=O) groups is 2. The molecule has 4 N–H and O–H groups in total. The van der Waals surface area contributed by atoms with Crippen molar-refractivity contribution in [3.05, 3.63) is 29.8 Å². The molecule has 5 aliphatic rings. The Morgan fingerprint density at radius 2 is 2.03 bits per heavy atom. The van der Waals surface area contributed by atoms with Crippen molar-refractivity contribution >= 4 is 54.8 Å². The molecule has 10 nitrogen and oxygen atoms in total. The van der Waals surface area contributed by atoms with Crippen molar-refractivity contribution in [2.75, 3.05) is 14.2 Å². The van der Waals surface area contributed by atoms with E-state index in [1.165, 1.54) is 47.0 Å². The lowest BCUT2D eigenvalue weighted by atomic mass is 9.77. The minimum atomic E-state index is -1.78. The first-order valence-corrected chi connectivity index (χ1v) is 14.2. The lowest BCUT2D eigenvalue weighted by Gasteiger charge is -2.58. The maximum atomic E-state index is 13.7. The number of methoxy groups -OCH3 is 2. The molecule has 1 spiro atoms. The number of aliphatic hydroxyl groups is 2. The van der Waals surface area contributed by atoms with Crippen LogP contribution in [0.2, 0.25) is 0 Å². The van der Waals surface area contributed by atoms with E-state index in [1.807, 2.05) is 0 Å². The molecule has 1 aromatic rings. The van der Waals surface area contributed by atoms with Crippen LogP contribution in [0.15, 0.2) is 24.3 Å². The Bertz CT molecular complexity index is 1080. The number of benzene rings is 1. The fourth-order valence-electron chi connectivity index (χ4n) is 4.65. The molecule has 4 saturated heterocycles. The summed E-state index contributed by atoms with van der Waals surface area (Å²) in [5.74, 6) is -0.910. The summed E-state index contributed by atoms with van der Waals surface area (Å²) < 4.78 is 10.5. The number of phenols is 1. The van der Waals surface area contributed by atoms with Crippen LogP contribution >= 0.6 is 43.0 Å². The minimum absolute atomic E-state index is 0.105. The molecule has 4 heterocycles. The summed E-state index contributed by atoms with van der Waals surface area (Å²) in [6.07, 6.45) is 0.137. The molecule has 34 heavy (non-hydrogen) atoms. The summed E-state index contributed by atoms with van der Waals surface area (Å²) in [6.45, 7) is 0. The predicted octanol–water partition coefficient (Wildman–Crippen LogP) is 1.49. The number of halogens is 1. The number of nitrogens with zero attached hydrogens (tertiary/aromatic N) is 1. The van der Waals surface area contributed by atoms with E-state index >= 15 is 0 Å². The zero-order valence-electron chi connectivity index (χ0n) is 17.8. The molecule has 6 rings (SSSR count). The van der Waals surface area contributed by atoms with E-state index in [2.05, 4.69) is 5.32 Å². The lowest BCUT2D eigenvalue weighted by molar-refractivity contribution is -0.313. The van der Waals surface area contributed by atoms with Crippen molar-refractivity contribution < 1.29 is 39.2 Å². The highest BCUT2D eigenvalue weighted by molar-refractivity contribution is 9.09. The van der Waals surface area contributed by atoms with Gasteiger partial charge in [0.1, 0.15) is 23.9 Å². The molecular formula is C20H21ClN2O8S3. The van der Waals surface area contributed by atoms with Crippen LogP contribution in [-0.4, -0.2) is 80.5 Å². The highest BCUT2D eigenvalue weighted by Crippen LogP contribution is 2.62. The van der Waals surface area contributed by atoms with Gasteiger partial charge in [0.05, 0.1) is 24.8 Å². The molecule has 4 fully saturated rings. The minimum Gasteiger partial charge on any atom is -0.504 e. The Morgan fingerprint density at radius 1 is 1.26 bits per heavy atom. The number of carbonyl (C=O) groups excluding carboxylic acids is 2. The van der Waals surface area contributed by atoms with E-state index < -0.39 is 51.2 Å². The van der Waals surface area contributed by atoms with Gasteiger partial charge in [0.15, 0.2) is 11.5 Å². The Labute approximate surface area is 211 Å². The van der Waals surface area contributed by atoms with Gasteiger partial charge in [0, 0.05) is 12.0 Å². The van der Waals surface area contributed by atoms with E-state index in [0.29, 0.717) is 11.3 Å². The van der Waals surface area contributed by atoms with Crippen molar-refractivity contribution in [2.45, 2.75) is 45.8 Å². The average Bonchev–Trinajstić information content (AvgIpc) is 2.80. The fourth-order valence-corrected chi connectivity index (χ4v) is 10.5. The highest BCUT2D eigenvalue weighted by atomic mass is 35.5. The molecule has 0 radical (unpaired) electrons.